The smallest absolute Gasteiger partial charge is 0.0740 e. The van der Waals surface area contributed by atoms with Crippen LogP contribution < -0.4 is 0 Å². The molecule has 0 saturated heterocycles. The molecule has 0 heterocycles. The fourth-order valence-corrected chi connectivity index (χ4v) is 3.80. The second-order valence-corrected chi connectivity index (χ2v) is 7.65. The molecule has 2 atom stereocenters. The number of thioether (sulfide) groups is 1. The number of methoxy groups -OCH3 is 2. The molecule has 0 aromatic heterocycles. The number of hydrogen-bond donors (Lipinski definition) is 0. The van der Waals surface area contributed by atoms with Crippen molar-refractivity contribution in [1.29, 1.82) is 0 Å². The van der Waals surface area contributed by atoms with Crippen LogP contribution in [0.2, 0.25) is 0 Å². The van der Waals surface area contributed by atoms with Gasteiger partial charge in [-0.25, -0.2) is 0 Å². The van der Waals surface area contributed by atoms with Crippen LogP contribution in [0.15, 0.2) is 41.3 Å². The Morgan fingerprint density at radius 1 is 1.14 bits per heavy atom. The quantitative estimate of drug-likeness (QED) is 0.465. The molecule has 1 aromatic carbocycles. The molecule has 0 N–H and O–H groups in total. The second kappa shape index (κ2) is 8.76. The Morgan fingerprint density at radius 2 is 1.68 bits per heavy atom. The highest BCUT2D eigenvalue weighted by Crippen LogP contribution is 2.35. The van der Waals surface area contributed by atoms with E-state index in [1.54, 1.807) is 14.2 Å². The lowest BCUT2D eigenvalue weighted by molar-refractivity contribution is -0.0733. The van der Waals surface area contributed by atoms with Gasteiger partial charge in [0.2, 0.25) is 0 Å². The van der Waals surface area contributed by atoms with Crippen molar-refractivity contribution >= 4 is 11.8 Å². The predicted octanol–water partition coefficient (Wildman–Crippen LogP) is 5.11. The van der Waals surface area contributed by atoms with Gasteiger partial charge in [-0.15, -0.1) is 18.3 Å². The SMILES string of the molecule is C=C(C)C[C@@H](OC)C(C)(C)[C@@H](CSc1ccc(C)cc1)OC. The number of benzene rings is 1. The van der Waals surface area contributed by atoms with E-state index in [2.05, 4.69) is 51.6 Å². The van der Waals surface area contributed by atoms with Gasteiger partial charge < -0.3 is 9.47 Å². The molecule has 2 nitrogen and oxygen atoms in total. The van der Waals surface area contributed by atoms with Gasteiger partial charge in [-0.05, 0) is 32.4 Å². The number of rotatable bonds is 9. The predicted molar refractivity (Wildman–Crippen MR) is 96.7 cm³/mol. The molecule has 0 fully saturated rings. The lowest BCUT2D eigenvalue weighted by Crippen LogP contribution is -2.44. The summed E-state index contributed by atoms with van der Waals surface area (Å²) in [6.45, 7) is 12.6. The van der Waals surface area contributed by atoms with Gasteiger partial charge in [-0.1, -0.05) is 37.1 Å². The summed E-state index contributed by atoms with van der Waals surface area (Å²) < 4.78 is 11.5. The third-order valence-corrected chi connectivity index (χ3v) is 5.26. The summed E-state index contributed by atoms with van der Waals surface area (Å²) in [5.74, 6) is 0.905. The third-order valence-electron chi connectivity index (χ3n) is 4.18. The first-order chi connectivity index (χ1) is 10.3. The lowest BCUT2D eigenvalue weighted by atomic mass is 9.78. The van der Waals surface area contributed by atoms with Crippen molar-refractivity contribution in [3.63, 3.8) is 0 Å². The topological polar surface area (TPSA) is 18.5 Å². The maximum absolute atomic E-state index is 5.79. The van der Waals surface area contributed by atoms with Crippen molar-refractivity contribution < 1.29 is 9.47 Å². The largest absolute Gasteiger partial charge is 0.380 e. The standard InChI is InChI=1S/C19H30O2S/c1-14(2)12-17(20-6)19(4,5)18(21-7)13-22-16-10-8-15(3)9-11-16/h8-11,17-18H,1,12-13H2,2-7H3/t17-,18-/m1/s1. The molecule has 0 unspecified atom stereocenters. The van der Waals surface area contributed by atoms with Gasteiger partial charge in [0.15, 0.2) is 0 Å². The van der Waals surface area contributed by atoms with Gasteiger partial charge in [0.1, 0.15) is 0 Å². The van der Waals surface area contributed by atoms with Gasteiger partial charge in [0.25, 0.3) is 0 Å². The molecule has 1 aromatic rings. The maximum Gasteiger partial charge on any atom is 0.0740 e. The first-order valence-electron chi connectivity index (χ1n) is 7.70. The Kier molecular flexibility index (Phi) is 7.67. The Hall–Kier alpha value is -0.770. The summed E-state index contributed by atoms with van der Waals surface area (Å²) >= 11 is 1.83. The molecule has 0 aliphatic rings. The fraction of sp³-hybridized carbons (Fsp3) is 0.579. The van der Waals surface area contributed by atoms with Crippen molar-refractivity contribution in [2.75, 3.05) is 20.0 Å². The maximum atomic E-state index is 5.79. The first kappa shape index (κ1) is 19.3. The second-order valence-electron chi connectivity index (χ2n) is 6.56. The minimum absolute atomic E-state index is 0.0832. The minimum atomic E-state index is -0.0832. The Labute approximate surface area is 140 Å². The van der Waals surface area contributed by atoms with E-state index in [0.717, 1.165) is 17.7 Å². The zero-order valence-corrected chi connectivity index (χ0v) is 15.6. The van der Waals surface area contributed by atoms with E-state index in [0.29, 0.717) is 0 Å². The summed E-state index contributed by atoms with van der Waals surface area (Å²) in [5, 5.41) is 0. The van der Waals surface area contributed by atoms with Gasteiger partial charge in [0.05, 0.1) is 12.2 Å². The van der Waals surface area contributed by atoms with E-state index in [1.807, 2.05) is 18.7 Å². The first-order valence-corrected chi connectivity index (χ1v) is 8.69. The molecule has 0 bridgehead atoms. The molecule has 0 aliphatic carbocycles. The molecular weight excluding hydrogens is 292 g/mol. The molecule has 0 amide bonds. The summed E-state index contributed by atoms with van der Waals surface area (Å²) in [6, 6.07) is 8.63. The van der Waals surface area contributed by atoms with Gasteiger partial charge in [-0.2, -0.15) is 0 Å². The van der Waals surface area contributed by atoms with Crippen molar-refractivity contribution in [3.8, 4) is 0 Å². The Bertz CT molecular complexity index is 465. The number of aryl methyl sites for hydroxylation is 1. The van der Waals surface area contributed by atoms with Crippen molar-refractivity contribution in [2.45, 2.75) is 51.2 Å². The minimum Gasteiger partial charge on any atom is -0.380 e. The van der Waals surface area contributed by atoms with Crippen LogP contribution >= 0.6 is 11.8 Å². The van der Waals surface area contributed by atoms with E-state index < -0.39 is 0 Å². The molecule has 1 rings (SSSR count). The molecular formula is C19H30O2S. The van der Waals surface area contributed by atoms with Gasteiger partial charge in [-0.3, -0.25) is 0 Å². The lowest BCUT2D eigenvalue weighted by Gasteiger charge is -2.39. The van der Waals surface area contributed by atoms with Crippen LogP contribution in [0.25, 0.3) is 0 Å². The van der Waals surface area contributed by atoms with E-state index in [-0.39, 0.29) is 17.6 Å². The third kappa shape index (κ3) is 5.45. The van der Waals surface area contributed by atoms with Crippen LogP contribution in [-0.2, 0) is 9.47 Å². The zero-order valence-electron chi connectivity index (χ0n) is 14.8. The molecule has 0 saturated carbocycles. The zero-order chi connectivity index (χ0) is 16.8. The molecule has 0 radical (unpaired) electrons. The van der Waals surface area contributed by atoms with Crippen molar-refractivity contribution in [3.05, 3.63) is 42.0 Å². The Balaban J connectivity index is 2.75. The van der Waals surface area contributed by atoms with Crippen LogP contribution in [0.3, 0.4) is 0 Å². The molecule has 0 spiro atoms. The summed E-state index contributed by atoms with van der Waals surface area (Å²) in [6.07, 6.45) is 1.08. The Morgan fingerprint density at radius 3 is 2.14 bits per heavy atom. The van der Waals surface area contributed by atoms with Crippen LogP contribution in [-0.4, -0.2) is 32.2 Å². The summed E-state index contributed by atoms with van der Waals surface area (Å²) in [4.78, 5) is 1.28. The highest BCUT2D eigenvalue weighted by molar-refractivity contribution is 7.99. The van der Waals surface area contributed by atoms with Crippen LogP contribution in [0.4, 0.5) is 0 Å². The van der Waals surface area contributed by atoms with E-state index >= 15 is 0 Å². The molecule has 0 aliphatic heterocycles. The molecule has 124 valence electrons. The van der Waals surface area contributed by atoms with Crippen molar-refractivity contribution in [2.24, 2.45) is 5.41 Å². The van der Waals surface area contributed by atoms with Crippen LogP contribution in [0.1, 0.15) is 32.8 Å². The van der Waals surface area contributed by atoms with Crippen molar-refractivity contribution in [1.82, 2.24) is 0 Å². The van der Waals surface area contributed by atoms with E-state index in [9.17, 15) is 0 Å². The number of ether oxygens (including phenoxy) is 2. The molecule has 22 heavy (non-hydrogen) atoms. The van der Waals surface area contributed by atoms with Crippen LogP contribution in [0, 0.1) is 12.3 Å². The van der Waals surface area contributed by atoms with Gasteiger partial charge >= 0.3 is 0 Å². The van der Waals surface area contributed by atoms with E-state index in [1.165, 1.54) is 10.5 Å². The highest BCUT2D eigenvalue weighted by atomic mass is 32.2. The number of hydrogen-bond acceptors (Lipinski definition) is 3. The average Bonchev–Trinajstić information content (AvgIpc) is 2.46. The molecule has 3 heteroatoms. The summed E-state index contributed by atoms with van der Waals surface area (Å²) in [7, 11) is 3.56. The average molecular weight is 323 g/mol. The van der Waals surface area contributed by atoms with Crippen LogP contribution in [0.5, 0.6) is 0 Å². The van der Waals surface area contributed by atoms with Gasteiger partial charge in [0, 0.05) is 30.3 Å². The highest BCUT2D eigenvalue weighted by Gasteiger charge is 2.37. The monoisotopic (exact) mass is 322 g/mol. The normalized spacial score (nSPS) is 14.6. The fourth-order valence-electron chi connectivity index (χ4n) is 2.57. The summed E-state index contributed by atoms with van der Waals surface area (Å²) in [5.41, 5.74) is 2.34. The van der Waals surface area contributed by atoms with E-state index in [4.69, 9.17) is 9.47 Å².